The van der Waals surface area contributed by atoms with Gasteiger partial charge < -0.3 is 24.4 Å². The van der Waals surface area contributed by atoms with Gasteiger partial charge in [-0.05, 0) is 64.2 Å². The smallest absolute Gasteiger partial charge is 0.410 e. The Kier molecular flexibility index (Phi) is 8.38. The number of anilines is 2. The molecule has 0 saturated carbocycles. The van der Waals surface area contributed by atoms with Crippen LogP contribution in [0.25, 0.3) is 0 Å². The van der Waals surface area contributed by atoms with E-state index in [4.69, 9.17) is 14.2 Å². The van der Waals surface area contributed by atoms with E-state index in [0.717, 1.165) is 37.9 Å². The number of benzene rings is 1. The fraction of sp³-hybridized carbons (Fsp3) is 0.577. The number of hydrogen-bond acceptors (Lipinski definition) is 7. The molecule has 0 radical (unpaired) electrons. The molecule has 0 spiro atoms. The van der Waals surface area contributed by atoms with Crippen molar-refractivity contribution in [3.05, 3.63) is 41.5 Å². The number of nitrogens with zero attached hydrogens (tertiary/aromatic N) is 3. The largest absolute Gasteiger partial charge is 0.474 e. The van der Waals surface area contributed by atoms with Gasteiger partial charge in [-0.1, -0.05) is 6.07 Å². The number of halogens is 1. The summed E-state index contributed by atoms with van der Waals surface area (Å²) in [7, 11) is 0. The van der Waals surface area contributed by atoms with Gasteiger partial charge in [-0.25, -0.2) is 19.2 Å². The molecule has 0 bridgehead atoms. The number of rotatable bonds is 8. The van der Waals surface area contributed by atoms with E-state index >= 15 is 0 Å². The van der Waals surface area contributed by atoms with Crippen molar-refractivity contribution in [2.24, 2.45) is 0 Å². The first-order valence-corrected chi connectivity index (χ1v) is 12.5. The van der Waals surface area contributed by atoms with E-state index in [0.29, 0.717) is 55.0 Å². The Morgan fingerprint density at radius 3 is 2.74 bits per heavy atom. The third-order valence-corrected chi connectivity index (χ3v) is 6.42. The Balaban J connectivity index is 1.33. The molecular formula is C26H35FN4O4. The number of carbonyl (C=O) groups is 1. The summed E-state index contributed by atoms with van der Waals surface area (Å²) in [6.45, 7) is 7.48. The van der Waals surface area contributed by atoms with Crippen LogP contribution >= 0.6 is 0 Å². The molecular weight excluding hydrogens is 451 g/mol. The molecule has 190 valence electrons. The zero-order valence-corrected chi connectivity index (χ0v) is 20.8. The SMILES string of the molecule is Cc1c(Nc2ccc(CCC3CCCO3)cc2F)ncnc1OC1CCN(C(=O)OC(C)C)CC1. The van der Waals surface area contributed by atoms with E-state index in [1.54, 1.807) is 17.0 Å². The molecule has 35 heavy (non-hydrogen) atoms. The first-order valence-electron chi connectivity index (χ1n) is 12.5. The van der Waals surface area contributed by atoms with Crippen LogP contribution in [0.5, 0.6) is 5.88 Å². The van der Waals surface area contributed by atoms with Crippen LogP contribution in [0, 0.1) is 12.7 Å². The average Bonchev–Trinajstić information content (AvgIpc) is 3.35. The van der Waals surface area contributed by atoms with Crippen LogP contribution in [-0.2, 0) is 15.9 Å². The van der Waals surface area contributed by atoms with E-state index < -0.39 is 0 Å². The normalized spacial score (nSPS) is 18.7. The van der Waals surface area contributed by atoms with Gasteiger partial charge in [-0.15, -0.1) is 0 Å². The highest BCUT2D eigenvalue weighted by Gasteiger charge is 2.26. The Labute approximate surface area is 206 Å². The van der Waals surface area contributed by atoms with Crippen molar-refractivity contribution in [3.63, 3.8) is 0 Å². The lowest BCUT2D eigenvalue weighted by atomic mass is 10.0. The van der Waals surface area contributed by atoms with E-state index in [9.17, 15) is 9.18 Å². The molecule has 1 unspecified atom stereocenters. The summed E-state index contributed by atoms with van der Waals surface area (Å²) in [6.07, 6.45) is 6.47. The second-order valence-electron chi connectivity index (χ2n) is 9.50. The van der Waals surface area contributed by atoms with Crippen LogP contribution in [0.1, 0.15) is 57.1 Å². The van der Waals surface area contributed by atoms with Crippen LogP contribution in [0.15, 0.2) is 24.5 Å². The van der Waals surface area contributed by atoms with Crippen molar-refractivity contribution >= 4 is 17.6 Å². The van der Waals surface area contributed by atoms with E-state index in [1.807, 2.05) is 26.8 Å². The molecule has 2 saturated heterocycles. The third kappa shape index (κ3) is 6.81. The van der Waals surface area contributed by atoms with Crippen LogP contribution < -0.4 is 10.1 Å². The van der Waals surface area contributed by atoms with E-state index in [2.05, 4.69) is 15.3 Å². The Hall–Kier alpha value is -2.94. The molecule has 3 heterocycles. The average molecular weight is 487 g/mol. The Bertz CT molecular complexity index is 1000. The number of piperidine rings is 1. The zero-order valence-electron chi connectivity index (χ0n) is 20.8. The maximum absolute atomic E-state index is 14.8. The number of amides is 1. The number of hydrogen-bond donors (Lipinski definition) is 1. The topological polar surface area (TPSA) is 85.8 Å². The van der Waals surface area contributed by atoms with Gasteiger partial charge in [0.05, 0.1) is 23.5 Å². The van der Waals surface area contributed by atoms with Crippen LogP contribution in [0.4, 0.5) is 20.7 Å². The van der Waals surface area contributed by atoms with Gasteiger partial charge in [0.15, 0.2) is 0 Å². The second kappa shape index (κ2) is 11.7. The summed E-state index contributed by atoms with van der Waals surface area (Å²) in [5.74, 6) is 0.634. The second-order valence-corrected chi connectivity index (χ2v) is 9.50. The molecule has 2 aromatic rings. The quantitative estimate of drug-likeness (QED) is 0.551. The fourth-order valence-electron chi connectivity index (χ4n) is 4.41. The van der Waals surface area contributed by atoms with Gasteiger partial charge in [0.1, 0.15) is 24.1 Å². The lowest BCUT2D eigenvalue weighted by molar-refractivity contribution is 0.0505. The summed E-state index contributed by atoms with van der Waals surface area (Å²) in [5.41, 5.74) is 2.02. The number of likely N-dealkylation sites (tertiary alicyclic amines) is 1. The number of nitrogens with one attached hydrogen (secondary N) is 1. The molecule has 2 aliphatic rings. The van der Waals surface area contributed by atoms with Crippen molar-refractivity contribution in [2.75, 3.05) is 25.0 Å². The molecule has 9 heteroatoms. The molecule has 2 fully saturated rings. The molecule has 0 aliphatic carbocycles. The maximum atomic E-state index is 14.8. The van der Waals surface area contributed by atoms with Gasteiger partial charge in [-0.2, -0.15) is 0 Å². The molecule has 1 aromatic heterocycles. The highest BCUT2D eigenvalue weighted by Crippen LogP contribution is 2.28. The minimum absolute atomic E-state index is 0.0700. The number of aryl methyl sites for hydroxylation is 1. The van der Waals surface area contributed by atoms with Crippen molar-refractivity contribution in [1.29, 1.82) is 0 Å². The van der Waals surface area contributed by atoms with Crippen LogP contribution in [0.3, 0.4) is 0 Å². The van der Waals surface area contributed by atoms with E-state index in [1.165, 1.54) is 6.33 Å². The van der Waals surface area contributed by atoms with Gasteiger partial charge in [0.25, 0.3) is 0 Å². The highest BCUT2D eigenvalue weighted by atomic mass is 19.1. The first-order chi connectivity index (χ1) is 16.9. The van der Waals surface area contributed by atoms with Crippen LogP contribution in [0.2, 0.25) is 0 Å². The predicted molar refractivity (Wildman–Crippen MR) is 131 cm³/mol. The number of carbonyl (C=O) groups excluding carboxylic acids is 1. The molecule has 1 atom stereocenters. The van der Waals surface area contributed by atoms with Crippen molar-refractivity contribution in [2.45, 2.75) is 77.6 Å². The molecule has 1 N–H and O–H groups in total. The van der Waals surface area contributed by atoms with Crippen molar-refractivity contribution < 1.29 is 23.4 Å². The first kappa shape index (κ1) is 25.2. The van der Waals surface area contributed by atoms with Gasteiger partial charge in [0.2, 0.25) is 5.88 Å². The molecule has 1 aromatic carbocycles. The van der Waals surface area contributed by atoms with Gasteiger partial charge in [0, 0.05) is 32.5 Å². The summed E-state index contributed by atoms with van der Waals surface area (Å²) < 4.78 is 31.9. The monoisotopic (exact) mass is 486 g/mol. The molecule has 8 nitrogen and oxygen atoms in total. The molecule has 2 aliphatic heterocycles. The van der Waals surface area contributed by atoms with Gasteiger partial charge >= 0.3 is 6.09 Å². The Morgan fingerprint density at radius 1 is 1.26 bits per heavy atom. The Morgan fingerprint density at radius 2 is 2.06 bits per heavy atom. The minimum Gasteiger partial charge on any atom is -0.474 e. The predicted octanol–water partition coefficient (Wildman–Crippen LogP) is 5.17. The fourth-order valence-corrected chi connectivity index (χ4v) is 4.41. The third-order valence-electron chi connectivity index (χ3n) is 6.42. The summed E-state index contributed by atoms with van der Waals surface area (Å²) in [4.78, 5) is 22.4. The number of ether oxygens (including phenoxy) is 3. The van der Waals surface area contributed by atoms with Crippen molar-refractivity contribution in [3.8, 4) is 5.88 Å². The lowest BCUT2D eigenvalue weighted by Crippen LogP contribution is -2.42. The standard InChI is InChI=1S/C26H35FN4O4/c1-17(2)34-26(32)31-12-10-21(11-13-31)35-25-18(3)24(28-16-29-25)30-23-9-7-19(15-22(23)27)6-8-20-5-4-14-33-20/h7,9,15-17,20-21H,4-6,8,10-14H2,1-3H3,(H,28,29,30). The van der Waals surface area contributed by atoms with E-state index in [-0.39, 0.29) is 24.1 Å². The maximum Gasteiger partial charge on any atom is 0.410 e. The van der Waals surface area contributed by atoms with Crippen LogP contribution in [-0.4, -0.2) is 59.0 Å². The summed E-state index contributed by atoms with van der Waals surface area (Å²) in [5, 5.41) is 3.08. The summed E-state index contributed by atoms with van der Waals surface area (Å²) in [6, 6.07) is 5.25. The van der Waals surface area contributed by atoms with Gasteiger partial charge in [-0.3, -0.25) is 0 Å². The molecule has 4 rings (SSSR count). The van der Waals surface area contributed by atoms with Crippen molar-refractivity contribution in [1.82, 2.24) is 14.9 Å². The lowest BCUT2D eigenvalue weighted by Gasteiger charge is -2.32. The highest BCUT2D eigenvalue weighted by molar-refractivity contribution is 5.68. The minimum atomic E-state index is -0.323. The number of aromatic nitrogens is 2. The molecule has 1 amide bonds. The summed E-state index contributed by atoms with van der Waals surface area (Å²) >= 11 is 0. The zero-order chi connectivity index (χ0) is 24.8.